The zero-order valence-electron chi connectivity index (χ0n) is 12.6. The number of benzene rings is 1. The second-order valence-corrected chi connectivity index (χ2v) is 5.52. The molecule has 0 saturated heterocycles. The number of carbonyl (C=O) groups is 1. The van der Waals surface area contributed by atoms with Gasteiger partial charge in [-0.05, 0) is 24.1 Å². The molecule has 0 aliphatic carbocycles. The number of methoxy groups -OCH3 is 1. The summed E-state index contributed by atoms with van der Waals surface area (Å²) in [4.78, 5) is 15.6. The third kappa shape index (κ3) is 3.33. The predicted octanol–water partition coefficient (Wildman–Crippen LogP) is 3.53. The van der Waals surface area contributed by atoms with Gasteiger partial charge in [-0.3, -0.25) is 9.78 Å². The average Bonchev–Trinajstić information content (AvgIpc) is 2.83. The van der Waals surface area contributed by atoms with Crippen LogP contribution in [0.2, 0.25) is 5.02 Å². The minimum atomic E-state index is -0.945. The van der Waals surface area contributed by atoms with Gasteiger partial charge in [0.15, 0.2) is 0 Å². The van der Waals surface area contributed by atoms with Gasteiger partial charge in [0.05, 0.1) is 24.1 Å². The van der Waals surface area contributed by atoms with Crippen molar-refractivity contribution in [2.24, 2.45) is 0 Å². The molecular formula is C15H17Cl3N2O3. The van der Waals surface area contributed by atoms with Gasteiger partial charge in [-0.25, -0.2) is 0 Å². The first-order chi connectivity index (χ1) is 10.0. The maximum absolute atomic E-state index is 11.1. The highest BCUT2D eigenvalue weighted by Gasteiger charge is 2.25. The van der Waals surface area contributed by atoms with Gasteiger partial charge < -0.3 is 15.2 Å². The summed E-state index contributed by atoms with van der Waals surface area (Å²) in [5.74, 6) is -0.463. The minimum Gasteiger partial charge on any atom is -0.495 e. The second kappa shape index (κ2) is 7.53. The molecule has 0 fully saturated rings. The maximum Gasteiger partial charge on any atom is 0.307 e. The normalized spacial score (nSPS) is 15.5. The number of halogens is 3. The summed E-state index contributed by atoms with van der Waals surface area (Å²) in [7, 11) is 1.52. The lowest BCUT2D eigenvalue weighted by Crippen LogP contribution is -2.08. The summed E-state index contributed by atoms with van der Waals surface area (Å²) in [5.41, 5.74) is 3.40. The molecule has 2 heterocycles. The highest BCUT2D eigenvalue weighted by Crippen LogP contribution is 2.39. The molecule has 8 heteroatoms. The first-order valence-electron chi connectivity index (χ1n) is 6.65. The van der Waals surface area contributed by atoms with Crippen LogP contribution in [0.15, 0.2) is 12.3 Å². The Kier molecular flexibility index (Phi) is 6.48. The van der Waals surface area contributed by atoms with Crippen LogP contribution in [0.1, 0.15) is 29.7 Å². The van der Waals surface area contributed by atoms with Gasteiger partial charge in [-0.15, -0.1) is 24.8 Å². The minimum absolute atomic E-state index is 0. The van der Waals surface area contributed by atoms with E-state index in [2.05, 4.69) is 17.2 Å². The van der Waals surface area contributed by atoms with Crippen molar-refractivity contribution in [3.05, 3.63) is 34.0 Å². The standard InChI is InChI=1S/C15H15ClN2O3.2ClH/c1-7-13-8(5-17-7)6-18-15-9(13)3-11(21-2)14(16)10(15)4-12(19)20;;/h3,6-7,17H,4-5H2,1-2H3,(H,19,20);2*1H/t7-;;/m0../s1. The van der Waals surface area contributed by atoms with Gasteiger partial charge in [0.1, 0.15) is 5.75 Å². The van der Waals surface area contributed by atoms with Crippen molar-refractivity contribution < 1.29 is 14.6 Å². The van der Waals surface area contributed by atoms with E-state index in [1.54, 1.807) is 6.20 Å². The Morgan fingerprint density at radius 1 is 1.52 bits per heavy atom. The number of nitrogens with zero attached hydrogens (tertiary/aromatic N) is 1. The number of carboxylic acids is 1. The molecule has 0 unspecified atom stereocenters. The summed E-state index contributed by atoms with van der Waals surface area (Å²) in [6, 6.07) is 2.03. The maximum atomic E-state index is 11.1. The SMILES string of the molecule is COc1cc2c3c(cnc2c(CC(=O)O)c1Cl)CN[C@H]3C.Cl.Cl. The van der Waals surface area contributed by atoms with Crippen LogP contribution in [0.5, 0.6) is 5.75 Å². The van der Waals surface area contributed by atoms with Crippen molar-refractivity contribution in [2.45, 2.75) is 25.9 Å². The molecule has 3 rings (SSSR count). The van der Waals surface area contributed by atoms with E-state index in [4.69, 9.17) is 21.4 Å². The van der Waals surface area contributed by atoms with Gasteiger partial charge in [0, 0.05) is 29.7 Å². The van der Waals surface area contributed by atoms with Gasteiger partial charge >= 0.3 is 5.97 Å². The summed E-state index contributed by atoms with van der Waals surface area (Å²) in [6.07, 6.45) is 1.61. The Hall–Kier alpha value is -1.27. The fourth-order valence-electron chi connectivity index (χ4n) is 2.89. The molecule has 23 heavy (non-hydrogen) atoms. The monoisotopic (exact) mass is 378 g/mol. The fraction of sp³-hybridized carbons (Fsp3) is 0.333. The van der Waals surface area contributed by atoms with E-state index in [0.717, 1.165) is 23.1 Å². The van der Waals surface area contributed by atoms with E-state index < -0.39 is 5.97 Å². The Labute approximate surface area is 151 Å². The third-order valence-electron chi connectivity index (χ3n) is 3.86. The zero-order valence-corrected chi connectivity index (χ0v) is 14.9. The number of fused-ring (bicyclic) bond motifs is 3. The topological polar surface area (TPSA) is 71.5 Å². The smallest absolute Gasteiger partial charge is 0.307 e. The van der Waals surface area contributed by atoms with Gasteiger partial charge in [0.25, 0.3) is 0 Å². The van der Waals surface area contributed by atoms with Gasteiger partial charge in [0.2, 0.25) is 0 Å². The third-order valence-corrected chi connectivity index (χ3v) is 4.28. The highest BCUT2D eigenvalue weighted by molar-refractivity contribution is 6.34. The molecule has 0 saturated carbocycles. The van der Waals surface area contributed by atoms with Crippen molar-refractivity contribution in [1.29, 1.82) is 0 Å². The molecule has 1 aliphatic heterocycles. The Bertz CT molecular complexity index is 753. The van der Waals surface area contributed by atoms with Crippen LogP contribution in [-0.2, 0) is 17.8 Å². The highest BCUT2D eigenvalue weighted by atomic mass is 35.5. The molecule has 0 radical (unpaired) electrons. The Balaban J connectivity index is 0.00000132. The van der Waals surface area contributed by atoms with Crippen molar-refractivity contribution in [3.63, 3.8) is 0 Å². The van der Waals surface area contributed by atoms with E-state index in [1.807, 2.05) is 6.07 Å². The number of ether oxygens (including phenoxy) is 1. The zero-order chi connectivity index (χ0) is 15.1. The molecule has 0 amide bonds. The number of carboxylic acid groups (broad SMARTS) is 1. The molecule has 2 aromatic rings. The number of aromatic nitrogens is 1. The number of hydrogen-bond donors (Lipinski definition) is 2. The molecule has 1 aliphatic rings. The van der Waals surface area contributed by atoms with Crippen molar-refractivity contribution >= 4 is 53.3 Å². The van der Waals surface area contributed by atoms with Crippen molar-refractivity contribution in [3.8, 4) is 5.75 Å². The van der Waals surface area contributed by atoms with Crippen molar-refractivity contribution in [2.75, 3.05) is 7.11 Å². The van der Waals surface area contributed by atoms with Crippen LogP contribution in [0, 0.1) is 0 Å². The largest absolute Gasteiger partial charge is 0.495 e. The number of pyridine rings is 1. The van der Waals surface area contributed by atoms with Crippen molar-refractivity contribution in [1.82, 2.24) is 10.3 Å². The number of rotatable bonds is 3. The Morgan fingerprint density at radius 2 is 2.22 bits per heavy atom. The summed E-state index contributed by atoms with van der Waals surface area (Å²) >= 11 is 6.28. The molecule has 1 aromatic heterocycles. The molecule has 126 valence electrons. The summed E-state index contributed by atoms with van der Waals surface area (Å²) < 4.78 is 5.30. The van der Waals surface area contributed by atoms with Gasteiger partial charge in [-0.2, -0.15) is 0 Å². The van der Waals surface area contributed by atoms with Crippen LogP contribution in [-0.4, -0.2) is 23.2 Å². The van der Waals surface area contributed by atoms with E-state index in [1.165, 1.54) is 7.11 Å². The number of hydrogen-bond acceptors (Lipinski definition) is 4. The first kappa shape index (κ1) is 19.8. The van der Waals surface area contributed by atoms with E-state index >= 15 is 0 Å². The van der Waals surface area contributed by atoms with E-state index in [0.29, 0.717) is 21.9 Å². The fourth-order valence-corrected chi connectivity index (χ4v) is 3.18. The molecule has 5 nitrogen and oxygen atoms in total. The molecule has 0 bridgehead atoms. The van der Waals surface area contributed by atoms with E-state index in [-0.39, 0.29) is 37.3 Å². The predicted molar refractivity (Wildman–Crippen MR) is 94.4 cm³/mol. The average molecular weight is 380 g/mol. The van der Waals surface area contributed by atoms with Gasteiger partial charge in [-0.1, -0.05) is 11.6 Å². The lowest BCUT2D eigenvalue weighted by molar-refractivity contribution is -0.136. The Morgan fingerprint density at radius 3 is 2.83 bits per heavy atom. The molecule has 2 N–H and O–H groups in total. The van der Waals surface area contributed by atoms with Crippen LogP contribution in [0.3, 0.4) is 0 Å². The summed E-state index contributed by atoms with van der Waals surface area (Å²) in [6.45, 7) is 2.84. The van der Waals surface area contributed by atoms with Crippen LogP contribution in [0.25, 0.3) is 10.9 Å². The number of aliphatic carboxylic acids is 1. The molecule has 1 atom stereocenters. The van der Waals surface area contributed by atoms with Crippen LogP contribution < -0.4 is 10.1 Å². The second-order valence-electron chi connectivity index (χ2n) is 5.14. The summed E-state index contributed by atoms with van der Waals surface area (Å²) in [5, 5.41) is 13.7. The number of nitrogens with one attached hydrogen (secondary N) is 1. The molecule has 1 aromatic carbocycles. The van der Waals surface area contributed by atoms with Crippen LogP contribution in [0.4, 0.5) is 0 Å². The quantitative estimate of drug-likeness (QED) is 0.853. The molecular weight excluding hydrogens is 363 g/mol. The lowest BCUT2D eigenvalue weighted by atomic mass is 9.97. The first-order valence-corrected chi connectivity index (χ1v) is 7.02. The van der Waals surface area contributed by atoms with Crippen LogP contribution >= 0.6 is 36.4 Å². The van der Waals surface area contributed by atoms with E-state index in [9.17, 15) is 4.79 Å². The lowest BCUT2D eigenvalue weighted by Gasteiger charge is -2.15. The molecule has 0 spiro atoms.